The molecule has 3 nitrogen and oxygen atoms in total. The maximum Gasteiger partial charge on any atom is 0.272 e. The zero-order chi connectivity index (χ0) is 11.3. The normalized spacial score (nSPS) is 10.9. The standard InChI is InChI=1S/C11H13ClN2O/c1-8(2)7-13-14-11(15)9-5-3-4-6-10(9)12/h3-8H,1-2H3,(H,14,15)/b13-7+. The lowest BCUT2D eigenvalue weighted by atomic mass is 10.2. The Balaban J connectivity index is 2.66. The van der Waals surface area contributed by atoms with Crippen LogP contribution in [0.25, 0.3) is 0 Å². The Labute approximate surface area is 94.1 Å². The fraction of sp³-hybridized carbons (Fsp3) is 0.273. The lowest BCUT2D eigenvalue weighted by molar-refractivity contribution is 0.0955. The van der Waals surface area contributed by atoms with Gasteiger partial charge in [-0.3, -0.25) is 4.79 Å². The molecule has 0 radical (unpaired) electrons. The third-order valence-electron chi connectivity index (χ3n) is 1.66. The molecule has 1 rings (SSSR count). The van der Waals surface area contributed by atoms with E-state index < -0.39 is 0 Å². The van der Waals surface area contributed by atoms with Gasteiger partial charge in [-0.15, -0.1) is 0 Å². The molecule has 0 aliphatic rings. The van der Waals surface area contributed by atoms with E-state index >= 15 is 0 Å². The summed E-state index contributed by atoms with van der Waals surface area (Å²) >= 11 is 5.85. The monoisotopic (exact) mass is 224 g/mol. The molecule has 0 saturated carbocycles. The van der Waals surface area contributed by atoms with Crippen molar-refractivity contribution in [3.8, 4) is 0 Å². The summed E-state index contributed by atoms with van der Waals surface area (Å²) in [7, 11) is 0. The lowest BCUT2D eigenvalue weighted by Gasteiger charge is -2.01. The number of nitrogens with one attached hydrogen (secondary N) is 1. The minimum absolute atomic E-state index is 0.294. The molecular formula is C11H13ClN2O. The Kier molecular flexibility index (Phi) is 4.31. The van der Waals surface area contributed by atoms with Crippen molar-refractivity contribution < 1.29 is 4.79 Å². The van der Waals surface area contributed by atoms with Crippen LogP contribution < -0.4 is 5.43 Å². The van der Waals surface area contributed by atoms with E-state index in [1.807, 2.05) is 13.8 Å². The maximum atomic E-state index is 11.5. The number of carbonyl (C=O) groups excluding carboxylic acids is 1. The number of carbonyl (C=O) groups is 1. The molecule has 1 amide bonds. The van der Waals surface area contributed by atoms with Gasteiger partial charge in [0.05, 0.1) is 10.6 Å². The summed E-state index contributed by atoms with van der Waals surface area (Å²) in [5.74, 6) is 0.00838. The minimum Gasteiger partial charge on any atom is -0.267 e. The van der Waals surface area contributed by atoms with Gasteiger partial charge in [-0.1, -0.05) is 37.6 Å². The number of hydrazone groups is 1. The smallest absolute Gasteiger partial charge is 0.267 e. The number of hydrogen-bond donors (Lipinski definition) is 1. The number of nitrogens with zero attached hydrogens (tertiary/aromatic N) is 1. The van der Waals surface area contributed by atoms with Gasteiger partial charge < -0.3 is 0 Å². The third-order valence-corrected chi connectivity index (χ3v) is 1.99. The quantitative estimate of drug-likeness (QED) is 0.623. The van der Waals surface area contributed by atoms with Crippen molar-refractivity contribution in [2.24, 2.45) is 11.0 Å². The fourth-order valence-corrected chi connectivity index (χ4v) is 1.17. The highest BCUT2D eigenvalue weighted by atomic mass is 35.5. The second kappa shape index (κ2) is 5.51. The largest absolute Gasteiger partial charge is 0.272 e. The third kappa shape index (κ3) is 3.72. The van der Waals surface area contributed by atoms with Crippen LogP contribution in [0, 0.1) is 5.92 Å². The maximum absolute atomic E-state index is 11.5. The van der Waals surface area contributed by atoms with E-state index in [1.165, 1.54) is 0 Å². The van der Waals surface area contributed by atoms with Gasteiger partial charge in [0, 0.05) is 6.21 Å². The van der Waals surface area contributed by atoms with E-state index in [9.17, 15) is 4.79 Å². The predicted octanol–water partition coefficient (Wildman–Crippen LogP) is 2.71. The molecule has 0 atom stereocenters. The van der Waals surface area contributed by atoms with Crippen LogP contribution >= 0.6 is 11.6 Å². The van der Waals surface area contributed by atoms with E-state index in [-0.39, 0.29) is 5.91 Å². The van der Waals surface area contributed by atoms with E-state index in [4.69, 9.17) is 11.6 Å². The summed E-state index contributed by atoms with van der Waals surface area (Å²) in [4.78, 5) is 11.5. The van der Waals surface area contributed by atoms with Gasteiger partial charge in [0.25, 0.3) is 5.91 Å². The number of halogens is 1. The molecule has 0 unspecified atom stereocenters. The first kappa shape index (κ1) is 11.7. The Morgan fingerprint density at radius 2 is 2.13 bits per heavy atom. The van der Waals surface area contributed by atoms with Crippen molar-refractivity contribution in [1.82, 2.24) is 5.43 Å². The van der Waals surface area contributed by atoms with Crippen molar-refractivity contribution in [1.29, 1.82) is 0 Å². The molecule has 15 heavy (non-hydrogen) atoms. The zero-order valence-electron chi connectivity index (χ0n) is 8.70. The molecule has 0 saturated heterocycles. The second-order valence-electron chi connectivity index (χ2n) is 3.44. The van der Waals surface area contributed by atoms with E-state index in [0.717, 1.165) is 0 Å². The second-order valence-corrected chi connectivity index (χ2v) is 3.85. The van der Waals surface area contributed by atoms with Gasteiger partial charge in [-0.25, -0.2) is 5.43 Å². The summed E-state index contributed by atoms with van der Waals surface area (Å²) in [5, 5.41) is 4.23. The van der Waals surface area contributed by atoms with Crippen LogP contribution in [-0.4, -0.2) is 12.1 Å². The number of rotatable bonds is 3. The summed E-state index contributed by atoms with van der Waals surface area (Å²) in [6, 6.07) is 6.86. The van der Waals surface area contributed by atoms with Crippen LogP contribution in [0.2, 0.25) is 5.02 Å². The number of amides is 1. The Bertz CT molecular complexity index is 375. The van der Waals surface area contributed by atoms with Crippen LogP contribution in [0.15, 0.2) is 29.4 Å². The van der Waals surface area contributed by atoms with Crippen molar-refractivity contribution in [2.45, 2.75) is 13.8 Å². The van der Waals surface area contributed by atoms with Crippen LogP contribution in [-0.2, 0) is 0 Å². The number of benzene rings is 1. The molecule has 1 aromatic carbocycles. The van der Waals surface area contributed by atoms with Crippen molar-refractivity contribution in [3.63, 3.8) is 0 Å². The Hall–Kier alpha value is -1.35. The highest BCUT2D eigenvalue weighted by Crippen LogP contribution is 2.14. The molecule has 0 aliphatic heterocycles. The molecule has 1 aromatic rings. The van der Waals surface area contributed by atoms with Crippen LogP contribution in [0.5, 0.6) is 0 Å². The van der Waals surface area contributed by atoms with Crippen LogP contribution in [0.4, 0.5) is 0 Å². The molecule has 0 bridgehead atoms. The Morgan fingerprint density at radius 3 is 2.73 bits per heavy atom. The zero-order valence-corrected chi connectivity index (χ0v) is 9.45. The molecule has 4 heteroatoms. The van der Waals surface area contributed by atoms with Crippen molar-refractivity contribution >= 4 is 23.7 Å². The Morgan fingerprint density at radius 1 is 1.47 bits per heavy atom. The highest BCUT2D eigenvalue weighted by Gasteiger charge is 2.07. The topological polar surface area (TPSA) is 41.5 Å². The summed E-state index contributed by atoms with van der Waals surface area (Å²) in [5.41, 5.74) is 2.85. The first-order valence-electron chi connectivity index (χ1n) is 4.69. The molecule has 0 aromatic heterocycles. The molecular weight excluding hydrogens is 212 g/mol. The first-order chi connectivity index (χ1) is 7.11. The van der Waals surface area contributed by atoms with Gasteiger partial charge in [0.1, 0.15) is 0 Å². The molecule has 0 aliphatic carbocycles. The molecule has 80 valence electrons. The van der Waals surface area contributed by atoms with Gasteiger partial charge in [-0.05, 0) is 18.1 Å². The van der Waals surface area contributed by atoms with Crippen molar-refractivity contribution in [3.05, 3.63) is 34.9 Å². The minimum atomic E-state index is -0.294. The molecule has 1 N–H and O–H groups in total. The van der Waals surface area contributed by atoms with Crippen molar-refractivity contribution in [2.75, 3.05) is 0 Å². The van der Waals surface area contributed by atoms with E-state index in [1.54, 1.807) is 30.5 Å². The van der Waals surface area contributed by atoms with Gasteiger partial charge >= 0.3 is 0 Å². The van der Waals surface area contributed by atoms with Gasteiger partial charge in [-0.2, -0.15) is 5.10 Å². The molecule has 0 spiro atoms. The van der Waals surface area contributed by atoms with Crippen LogP contribution in [0.1, 0.15) is 24.2 Å². The molecule has 0 heterocycles. The first-order valence-corrected chi connectivity index (χ1v) is 5.07. The summed E-state index contributed by atoms with van der Waals surface area (Å²) in [6.45, 7) is 3.95. The molecule has 0 fully saturated rings. The van der Waals surface area contributed by atoms with Gasteiger partial charge in [0.2, 0.25) is 0 Å². The van der Waals surface area contributed by atoms with E-state index in [0.29, 0.717) is 16.5 Å². The summed E-state index contributed by atoms with van der Waals surface area (Å²) < 4.78 is 0. The predicted molar refractivity (Wildman–Crippen MR) is 62.2 cm³/mol. The highest BCUT2D eigenvalue weighted by molar-refractivity contribution is 6.33. The average molecular weight is 225 g/mol. The summed E-state index contributed by atoms with van der Waals surface area (Å²) in [6.07, 6.45) is 1.66. The van der Waals surface area contributed by atoms with E-state index in [2.05, 4.69) is 10.5 Å². The number of hydrogen-bond acceptors (Lipinski definition) is 2. The van der Waals surface area contributed by atoms with Gasteiger partial charge in [0.15, 0.2) is 0 Å². The average Bonchev–Trinajstić information content (AvgIpc) is 2.17. The lowest BCUT2D eigenvalue weighted by Crippen LogP contribution is -2.18. The SMILES string of the molecule is CC(C)/C=N/NC(=O)c1ccccc1Cl. The fourth-order valence-electron chi connectivity index (χ4n) is 0.951. The van der Waals surface area contributed by atoms with Crippen LogP contribution in [0.3, 0.4) is 0 Å².